The maximum Gasteiger partial charge on any atom is 0.243 e. The number of amides is 3. The predicted octanol–water partition coefficient (Wildman–Crippen LogP) is 2.93. The first-order chi connectivity index (χ1) is 15.0. The summed E-state index contributed by atoms with van der Waals surface area (Å²) in [6.07, 6.45) is 2.47. The molecule has 7 nitrogen and oxygen atoms in total. The molecule has 3 amide bonds. The summed E-state index contributed by atoms with van der Waals surface area (Å²) in [4.78, 5) is 39.5. The van der Waals surface area contributed by atoms with Crippen molar-refractivity contribution in [2.45, 2.75) is 38.1 Å². The molecule has 1 fully saturated rings. The highest BCUT2D eigenvalue weighted by atomic mass is 16.5. The number of nitrogens with one attached hydrogen (secondary N) is 2. The van der Waals surface area contributed by atoms with Crippen molar-refractivity contribution >= 4 is 23.4 Å². The van der Waals surface area contributed by atoms with Crippen LogP contribution in [0.4, 0.5) is 5.69 Å². The van der Waals surface area contributed by atoms with Crippen molar-refractivity contribution in [1.29, 1.82) is 0 Å². The average Bonchev–Trinajstić information content (AvgIpc) is 3.63. The van der Waals surface area contributed by atoms with Crippen LogP contribution in [0.25, 0.3) is 0 Å². The van der Waals surface area contributed by atoms with Crippen LogP contribution in [-0.2, 0) is 14.4 Å². The highest BCUT2D eigenvalue weighted by Crippen LogP contribution is 2.31. The van der Waals surface area contributed by atoms with Gasteiger partial charge in [0.05, 0.1) is 26.1 Å². The fourth-order valence-electron chi connectivity index (χ4n) is 3.48. The van der Waals surface area contributed by atoms with Crippen molar-refractivity contribution in [2.75, 3.05) is 25.5 Å². The summed E-state index contributed by atoms with van der Waals surface area (Å²) in [6.45, 7) is 1.78. The molecule has 7 heteroatoms. The number of carbonyl (C=O) groups is 3. The SMILES string of the molecule is CC[C@H](C(=O)N(CC(=O)NCC(=O)Nc1ccc(OC)cc1)C1CC1)c1ccccc1. The van der Waals surface area contributed by atoms with E-state index < -0.39 is 0 Å². The van der Waals surface area contributed by atoms with Crippen molar-refractivity contribution in [3.05, 3.63) is 60.2 Å². The lowest BCUT2D eigenvalue weighted by molar-refractivity contribution is -0.138. The molecule has 1 atom stereocenters. The third-order valence-corrected chi connectivity index (χ3v) is 5.31. The molecule has 2 aromatic carbocycles. The standard InChI is InChI=1S/C24H29N3O4/c1-3-21(17-7-5-4-6-8-17)24(30)27(19-11-12-19)16-23(29)25-15-22(28)26-18-9-13-20(31-2)14-10-18/h4-10,13-14,19,21H,3,11-12,15-16H2,1-2H3,(H,25,29)(H,26,28)/t21-/m0/s1. The number of hydrogen-bond acceptors (Lipinski definition) is 4. The Kier molecular flexibility index (Phi) is 7.65. The molecule has 0 unspecified atom stereocenters. The van der Waals surface area contributed by atoms with Crippen LogP contribution in [-0.4, -0.2) is 48.9 Å². The van der Waals surface area contributed by atoms with Gasteiger partial charge >= 0.3 is 0 Å². The second-order valence-corrected chi connectivity index (χ2v) is 7.62. The first kappa shape index (κ1) is 22.3. The van der Waals surface area contributed by atoms with Crippen LogP contribution < -0.4 is 15.4 Å². The lowest BCUT2D eigenvalue weighted by Gasteiger charge is -2.26. The van der Waals surface area contributed by atoms with Crippen molar-refractivity contribution in [2.24, 2.45) is 0 Å². The van der Waals surface area contributed by atoms with Crippen LogP contribution in [0, 0.1) is 0 Å². The van der Waals surface area contributed by atoms with Crippen LogP contribution in [0.1, 0.15) is 37.7 Å². The summed E-state index contributed by atoms with van der Waals surface area (Å²) in [6, 6.07) is 16.7. The predicted molar refractivity (Wildman–Crippen MR) is 119 cm³/mol. The lowest BCUT2D eigenvalue weighted by Crippen LogP contribution is -2.45. The van der Waals surface area contributed by atoms with Crippen LogP contribution in [0.2, 0.25) is 0 Å². The fourth-order valence-corrected chi connectivity index (χ4v) is 3.48. The van der Waals surface area contributed by atoms with E-state index in [-0.39, 0.29) is 42.8 Å². The zero-order valence-corrected chi connectivity index (χ0v) is 18.0. The van der Waals surface area contributed by atoms with E-state index in [1.54, 1.807) is 36.3 Å². The second-order valence-electron chi connectivity index (χ2n) is 7.62. The van der Waals surface area contributed by atoms with Gasteiger partial charge in [-0.15, -0.1) is 0 Å². The number of nitrogens with zero attached hydrogens (tertiary/aromatic N) is 1. The monoisotopic (exact) mass is 423 g/mol. The Morgan fingerprint density at radius 2 is 1.71 bits per heavy atom. The first-order valence-electron chi connectivity index (χ1n) is 10.6. The zero-order chi connectivity index (χ0) is 22.2. The van der Waals surface area contributed by atoms with Crippen LogP contribution in [0.5, 0.6) is 5.75 Å². The van der Waals surface area contributed by atoms with Crippen molar-refractivity contribution in [3.63, 3.8) is 0 Å². The van der Waals surface area contributed by atoms with Gasteiger partial charge in [-0.1, -0.05) is 37.3 Å². The van der Waals surface area contributed by atoms with E-state index in [9.17, 15) is 14.4 Å². The Labute approximate surface area is 182 Å². The van der Waals surface area contributed by atoms with E-state index in [0.717, 1.165) is 18.4 Å². The van der Waals surface area contributed by atoms with Gasteiger partial charge in [-0.2, -0.15) is 0 Å². The van der Waals surface area contributed by atoms with Gasteiger partial charge in [0.15, 0.2) is 0 Å². The molecule has 0 heterocycles. The van der Waals surface area contributed by atoms with Gasteiger partial charge in [0.2, 0.25) is 17.7 Å². The van der Waals surface area contributed by atoms with E-state index in [0.29, 0.717) is 17.9 Å². The molecule has 0 radical (unpaired) electrons. The summed E-state index contributed by atoms with van der Waals surface area (Å²) in [5.74, 6) is -0.286. The summed E-state index contributed by atoms with van der Waals surface area (Å²) in [5.41, 5.74) is 1.57. The van der Waals surface area contributed by atoms with Gasteiger partial charge < -0.3 is 20.3 Å². The van der Waals surface area contributed by atoms with E-state index in [1.165, 1.54) is 0 Å². The molecule has 2 N–H and O–H groups in total. The lowest BCUT2D eigenvalue weighted by atomic mass is 9.95. The quantitative estimate of drug-likeness (QED) is 0.615. The molecule has 0 saturated heterocycles. The van der Waals surface area contributed by atoms with Gasteiger partial charge in [-0.25, -0.2) is 0 Å². The zero-order valence-electron chi connectivity index (χ0n) is 18.0. The topological polar surface area (TPSA) is 87.7 Å². The maximum atomic E-state index is 13.2. The number of methoxy groups -OCH3 is 1. The van der Waals surface area contributed by atoms with Crippen molar-refractivity contribution in [3.8, 4) is 5.75 Å². The van der Waals surface area contributed by atoms with Crippen molar-refractivity contribution < 1.29 is 19.1 Å². The highest BCUT2D eigenvalue weighted by molar-refractivity contribution is 5.95. The molecule has 2 aromatic rings. The summed E-state index contributed by atoms with van der Waals surface area (Å²) < 4.78 is 5.08. The Morgan fingerprint density at radius 1 is 1.03 bits per heavy atom. The minimum atomic E-state index is -0.340. The van der Waals surface area contributed by atoms with E-state index in [4.69, 9.17) is 4.74 Å². The molecule has 3 rings (SSSR count). The Balaban J connectivity index is 1.53. The average molecular weight is 424 g/mol. The summed E-state index contributed by atoms with van der Waals surface area (Å²) >= 11 is 0. The van der Waals surface area contributed by atoms with Gasteiger partial charge in [-0.05, 0) is 49.1 Å². The minimum absolute atomic E-state index is 0.0333. The van der Waals surface area contributed by atoms with Crippen LogP contribution in [0.3, 0.4) is 0 Å². The smallest absolute Gasteiger partial charge is 0.243 e. The van der Waals surface area contributed by atoms with Gasteiger partial charge in [-0.3, -0.25) is 14.4 Å². The van der Waals surface area contributed by atoms with Crippen molar-refractivity contribution in [1.82, 2.24) is 10.2 Å². The molecule has 31 heavy (non-hydrogen) atoms. The number of carbonyl (C=O) groups excluding carboxylic acids is 3. The number of ether oxygens (including phenoxy) is 1. The van der Waals surface area contributed by atoms with E-state index in [1.807, 2.05) is 37.3 Å². The molecule has 1 saturated carbocycles. The van der Waals surface area contributed by atoms with E-state index in [2.05, 4.69) is 10.6 Å². The molecule has 0 aromatic heterocycles. The summed E-state index contributed by atoms with van der Waals surface area (Å²) in [7, 11) is 1.57. The van der Waals surface area contributed by atoms with Gasteiger partial charge in [0, 0.05) is 11.7 Å². The van der Waals surface area contributed by atoms with E-state index >= 15 is 0 Å². The number of rotatable bonds is 10. The molecule has 0 bridgehead atoms. The third kappa shape index (κ3) is 6.31. The molecule has 164 valence electrons. The number of hydrogen-bond donors (Lipinski definition) is 2. The normalized spacial score (nSPS) is 13.7. The largest absolute Gasteiger partial charge is 0.497 e. The van der Waals surface area contributed by atoms with Crippen LogP contribution in [0.15, 0.2) is 54.6 Å². The first-order valence-corrected chi connectivity index (χ1v) is 10.6. The maximum absolute atomic E-state index is 13.2. The Hall–Kier alpha value is -3.35. The van der Waals surface area contributed by atoms with Gasteiger partial charge in [0.25, 0.3) is 0 Å². The number of benzene rings is 2. The van der Waals surface area contributed by atoms with Gasteiger partial charge in [0.1, 0.15) is 5.75 Å². The Morgan fingerprint density at radius 3 is 2.29 bits per heavy atom. The molecule has 1 aliphatic carbocycles. The summed E-state index contributed by atoms with van der Waals surface area (Å²) in [5, 5.41) is 5.34. The third-order valence-electron chi connectivity index (χ3n) is 5.31. The molecular formula is C24H29N3O4. The minimum Gasteiger partial charge on any atom is -0.497 e. The molecule has 1 aliphatic rings. The second kappa shape index (κ2) is 10.6. The molecule has 0 spiro atoms. The number of anilines is 1. The molecule has 0 aliphatic heterocycles. The fraction of sp³-hybridized carbons (Fsp3) is 0.375. The molecular weight excluding hydrogens is 394 g/mol. The Bertz CT molecular complexity index is 895. The highest BCUT2D eigenvalue weighted by Gasteiger charge is 2.36. The van der Waals surface area contributed by atoms with Crippen LogP contribution >= 0.6 is 0 Å².